The van der Waals surface area contributed by atoms with Crippen LogP contribution in [0.25, 0.3) is 0 Å². The molecule has 1 aliphatic heterocycles. The van der Waals surface area contributed by atoms with Gasteiger partial charge in [-0.2, -0.15) is 10.3 Å². The lowest BCUT2D eigenvalue weighted by molar-refractivity contribution is -0.381. The summed E-state index contributed by atoms with van der Waals surface area (Å²) in [5.41, 5.74) is 2.57. The van der Waals surface area contributed by atoms with E-state index in [0.29, 0.717) is 15.8 Å². The minimum atomic E-state index is -0.510. The standard InChI is InChI=1S/C21H17BrClN3O2S/c1-12-2-4-13(5-3-12)15-9-19(27)26-21(16(15)10-24)29-11-20(28)25-18-7-6-14(22)8-17(18)23/h2-8,15-16H,9,11H2,1H3,(H,25,28)/p+1. The number of carbonyl (C=O) groups excluding carboxylic acids is 2. The number of aryl methyl sites for hydroxylation is 1. The summed E-state index contributed by atoms with van der Waals surface area (Å²) in [6, 6.07) is 15.3. The Morgan fingerprint density at radius 3 is 2.72 bits per heavy atom. The van der Waals surface area contributed by atoms with Crippen molar-refractivity contribution in [1.82, 2.24) is 0 Å². The number of nitrogens with zero attached hydrogens (tertiary/aromatic N) is 1. The summed E-state index contributed by atoms with van der Waals surface area (Å²) in [6.07, 6.45) is 0.242. The van der Waals surface area contributed by atoms with E-state index in [1.165, 1.54) is 11.8 Å². The van der Waals surface area contributed by atoms with Crippen molar-refractivity contribution in [2.75, 3.05) is 11.1 Å². The van der Waals surface area contributed by atoms with Gasteiger partial charge in [-0.1, -0.05) is 69.1 Å². The summed E-state index contributed by atoms with van der Waals surface area (Å²) in [6.45, 7) is 1.99. The van der Waals surface area contributed by atoms with Crippen molar-refractivity contribution in [3.8, 4) is 6.07 Å². The Hall–Kier alpha value is -2.14. The largest absolute Gasteiger partial charge is 0.386 e. The molecule has 2 atom stereocenters. The normalized spacial score (nSPS) is 18.7. The zero-order chi connectivity index (χ0) is 21.0. The van der Waals surface area contributed by atoms with E-state index in [0.717, 1.165) is 15.6 Å². The average molecular weight is 492 g/mol. The fourth-order valence-electron chi connectivity index (χ4n) is 3.09. The van der Waals surface area contributed by atoms with Crippen molar-refractivity contribution in [2.45, 2.75) is 19.3 Å². The second-order valence-electron chi connectivity index (χ2n) is 6.70. The number of nitriles is 1. The van der Waals surface area contributed by atoms with Crippen LogP contribution in [0.1, 0.15) is 23.5 Å². The number of rotatable bonds is 4. The molecule has 2 aromatic carbocycles. The molecular formula is C21H18BrClN3O2S+. The number of anilines is 1. The van der Waals surface area contributed by atoms with Crippen molar-refractivity contribution >= 4 is 61.8 Å². The summed E-state index contributed by atoms with van der Waals surface area (Å²) >= 11 is 10.6. The highest BCUT2D eigenvalue weighted by molar-refractivity contribution is 9.10. The van der Waals surface area contributed by atoms with Crippen molar-refractivity contribution in [3.05, 3.63) is 63.1 Å². The fraction of sp³-hybridized carbons (Fsp3) is 0.238. The Bertz CT molecular complexity index is 1020. The van der Waals surface area contributed by atoms with Gasteiger partial charge in [0.2, 0.25) is 11.0 Å². The van der Waals surface area contributed by atoms with Gasteiger partial charge in [0.1, 0.15) is 5.92 Å². The zero-order valence-electron chi connectivity index (χ0n) is 15.5. The number of carbonyl (C=O) groups is 2. The topological polar surface area (TPSA) is 83.9 Å². The highest BCUT2D eigenvalue weighted by atomic mass is 79.9. The highest BCUT2D eigenvalue weighted by Gasteiger charge is 2.39. The molecule has 2 amide bonds. The molecule has 0 fully saturated rings. The second kappa shape index (κ2) is 9.57. The van der Waals surface area contributed by atoms with Crippen LogP contribution in [0.4, 0.5) is 5.69 Å². The molecule has 0 spiro atoms. The monoisotopic (exact) mass is 490 g/mol. The number of nitrogens with one attached hydrogen (secondary N) is 2. The van der Waals surface area contributed by atoms with Gasteiger partial charge in [0.05, 0.1) is 29.0 Å². The molecule has 0 saturated heterocycles. The lowest BCUT2D eigenvalue weighted by Gasteiger charge is -2.22. The van der Waals surface area contributed by atoms with E-state index in [9.17, 15) is 14.9 Å². The Morgan fingerprint density at radius 2 is 2.07 bits per heavy atom. The molecule has 2 N–H and O–H groups in total. The van der Waals surface area contributed by atoms with E-state index >= 15 is 0 Å². The third-order valence-electron chi connectivity index (χ3n) is 4.56. The summed E-state index contributed by atoms with van der Waals surface area (Å²) in [4.78, 5) is 27.3. The van der Waals surface area contributed by atoms with E-state index in [1.54, 1.807) is 18.2 Å². The van der Waals surface area contributed by atoms with Crippen LogP contribution in [0.15, 0.2) is 46.9 Å². The smallest absolute Gasteiger partial charge is 0.324 e. The SMILES string of the molecule is Cc1ccc(C2CC(=O)[NH+]=C(SCC(=O)Nc3ccc(Br)cc3Cl)C2C#N)cc1. The third kappa shape index (κ3) is 5.47. The zero-order valence-corrected chi connectivity index (χ0v) is 18.7. The van der Waals surface area contributed by atoms with Crippen LogP contribution >= 0.6 is 39.3 Å². The summed E-state index contributed by atoms with van der Waals surface area (Å²) in [7, 11) is 0. The van der Waals surface area contributed by atoms with Gasteiger partial charge in [-0.25, -0.2) is 4.79 Å². The number of benzene rings is 2. The molecule has 1 aliphatic rings. The molecule has 0 saturated carbocycles. The maximum atomic E-state index is 12.3. The van der Waals surface area contributed by atoms with E-state index in [2.05, 4.69) is 32.3 Å². The number of halogens is 2. The average Bonchev–Trinajstić information content (AvgIpc) is 2.68. The molecule has 1 heterocycles. The van der Waals surface area contributed by atoms with Crippen LogP contribution in [-0.2, 0) is 9.59 Å². The maximum Gasteiger partial charge on any atom is 0.386 e. The van der Waals surface area contributed by atoms with E-state index in [4.69, 9.17) is 11.6 Å². The molecular weight excluding hydrogens is 474 g/mol. The third-order valence-corrected chi connectivity index (χ3v) is 6.44. The first-order chi connectivity index (χ1) is 13.9. The quantitative estimate of drug-likeness (QED) is 0.686. The molecule has 3 rings (SSSR count). The van der Waals surface area contributed by atoms with Crippen LogP contribution in [-0.4, -0.2) is 22.6 Å². The molecule has 0 bridgehead atoms. The number of hydrogen-bond donors (Lipinski definition) is 2. The van der Waals surface area contributed by atoms with Gasteiger partial charge >= 0.3 is 5.91 Å². The van der Waals surface area contributed by atoms with Crippen molar-refractivity contribution in [1.29, 1.82) is 5.26 Å². The predicted molar refractivity (Wildman–Crippen MR) is 119 cm³/mol. The Kier molecular flexibility index (Phi) is 7.12. The molecule has 2 aromatic rings. The van der Waals surface area contributed by atoms with Gasteiger partial charge in [0.15, 0.2) is 0 Å². The summed E-state index contributed by atoms with van der Waals surface area (Å²) < 4.78 is 0.814. The number of thioether (sulfide) groups is 1. The van der Waals surface area contributed by atoms with Gasteiger partial charge in [-0.3, -0.25) is 4.79 Å². The van der Waals surface area contributed by atoms with Crippen LogP contribution < -0.4 is 10.3 Å². The molecule has 148 valence electrons. The lowest BCUT2D eigenvalue weighted by Crippen LogP contribution is -2.80. The van der Waals surface area contributed by atoms with Crippen molar-refractivity contribution in [3.63, 3.8) is 0 Å². The van der Waals surface area contributed by atoms with Gasteiger partial charge in [-0.15, -0.1) is 0 Å². The molecule has 0 aromatic heterocycles. The first-order valence-corrected chi connectivity index (χ1v) is 11.0. The fourth-order valence-corrected chi connectivity index (χ4v) is 4.75. The summed E-state index contributed by atoms with van der Waals surface area (Å²) in [5.74, 6) is -1.11. The molecule has 8 heteroatoms. The van der Waals surface area contributed by atoms with Gasteiger partial charge in [-0.05, 0) is 30.7 Å². The first-order valence-electron chi connectivity index (χ1n) is 8.88. The number of amides is 2. The van der Waals surface area contributed by atoms with Crippen LogP contribution in [0.5, 0.6) is 0 Å². The van der Waals surface area contributed by atoms with Gasteiger partial charge in [0.25, 0.3) is 0 Å². The molecule has 0 radical (unpaired) electrons. The first kappa shape index (κ1) is 21.6. The van der Waals surface area contributed by atoms with Crippen molar-refractivity contribution < 1.29 is 14.6 Å². The predicted octanol–water partition coefficient (Wildman–Crippen LogP) is 3.42. The van der Waals surface area contributed by atoms with Crippen LogP contribution in [0, 0.1) is 24.2 Å². The lowest BCUT2D eigenvalue weighted by atomic mass is 9.83. The molecule has 5 nitrogen and oxygen atoms in total. The van der Waals surface area contributed by atoms with E-state index < -0.39 is 5.92 Å². The molecule has 29 heavy (non-hydrogen) atoms. The van der Waals surface area contributed by atoms with Crippen LogP contribution in [0.3, 0.4) is 0 Å². The molecule has 0 aliphatic carbocycles. The maximum absolute atomic E-state index is 12.3. The Balaban J connectivity index is 1.70. The van der Waals surface area contributed by atoms with Gasteiger partial charge < -0.3 is 5.32 Å². The molecule has 2 unspecified atom stereocenters. The Labute approximate surface area is 186 Å². The minimum Gasteiger partial charge on any atom is -0.324 e. The summed E-state index contributed by atoms with van der Waals surface area (Å²) in [5, 5.41) is 13.4. The van der Waals surface area contributed by atoms with Crippen molar-refractivity contribution in [2.24, 2.45) is 5.92 Å². The van der Waals surface area contributed by atoms with Gasteiger partial charge in [0, 0.05) is 10.4 Å². The Morgan fingerprint density at radius 1 is 1.34 bits per heavy atom. The number of hydrogen-bond acceptors (Lipinski definition) is 4. The minimum absolute atomic E-state index is 0.0564. The van der Waals surface area contributed by atoms with Crippen LogP contribution in [0.2, 0.25) is 5.02 Å². The van der Waals surface area contributed by atoms with E-state index in [1.807, 2.05) is 31.2 Å². The van der Waals surface area contributed by atoms with E-state index in [-0.39, 0.29) is 29.9 Å². The highest BCUT2D eigenvalue weighted by Crippen LogP contribution is 2.32. The second-order valence-corrected chi connectivity index (χ2v) is 9.04.